The van der Waals surface area contributed by atoms with E-state index in [4.69, 9.17) is 4.74 Å². The zero-order chi connectivity index (χ0) is 16.2. The van der Waals surface area contributed by atoms with Crippen LogP contribution in [-0.2, 0) is 23.0 Å². The molecule has 0 amide bonds. The first-order valence-corrected chi connectivity index (χ1v) is 9.18. The van der Waals surface area contributed by atoms with Crippen LogP contribution in [0, 0.1) is 0 Å². The fourth-order valence-corrected chi connectivity index (χ4v) is 5.01. The van der Waals surface area contributed by atoms with E-state index in [2.05, 4.69) is 5.10 Å². The van der Waals surface area contributed by atoms with Crippen LogP contribution in [-0.4, -0.2) is 30.3 Å². The third kappa shape index (κ3) is 2.22. The molecule has 7 heteroatoms. The summed E-state index contributed by atoms with van der Waals surface area (Å²) >= 11 is 0. The summed E-state index contributed by atoms with van der Waals surface area (Å²) in [7, 11) is -3.67. The van der Waals surface area contributed by atoms with Gasteiger partial charge in [0.15, 0.2) is 0 Å². The minimum Gasteiger partial charge on any atom is -0.486 e. The zero-order valence-corrected chi connectivity index (χ0v) is 14.0. The molecule has 0 fully saturated rings. The van der Waals surface area contributed by atoms with Crippen LogP contribution in [0.2, 0.25) is 0 Å². The molecule has 2 aliphatic rings. The lowest BCUT2D eigenvalue weighted by atomic mass is 10.0. The van der Waals surface area contributed by atoms with Crippen LogP contribution < -0.4 is 9.04 Å². The number of sulfonamides is 1. The van der Waals surface area contributed by atoms with E-state index in [9.17, 15) is 8.42 Å². The third-order valence-corrected chi connectivity index (χ3v) is 6.13. The number of aromatic nitrogens is 2. The van der Waals surface area contributed by atoms with E-state index in [-0.39, 0.29) is 10.5 Å². The van der Waals surface area contributed by atoms with Crippen molar-refractivity contribution in [2.45, 2.75) is 43.7 Å². The first kappa shape index (κ1) is 14.6. The molecule has 0 bridgehead atoms. The Balaban J connectivity index is 1.83. The van der Waals surface area contributed by atoms with Crippen molar-refractivity contribution in [3.63, 3.8) is 0 Å². The predicted molar refractivity (Wildman–Crippen MR) is 86.2 cm³/mol. The average molecular weight is 333 g/mol. The van der Waals surface area contributed by atoms with E-state index in [0.717, 1.165) is 18.5 Å². The Morgan fingerprint density at radius 2 is 2.04 bits per heavy atom. The number of para-hydroxylation sites is 1. The summed E-state index contributed by atoms with van der Waals surface area (Å²) in [6, 6.07) is 7.09. The van der Waals surface area contributed by atoms with Gasteiger partial charge in [-0.2, -0.15) is 5.10 Å². The van der Waals surface area contributed by atoms with E-state index < -0.39 is 10.0 Å². The molecule has 0 saturated carbocycles. The van der Waals surface area contributed by atoms with Gasteiger partial charge in [-0.1, -0.05) is 12.1 Å². The highest BCUT2D eigenvalue weighted by atomic mass is 32.2. The molecule has 122 valence electrons. The highest BCUT2D eigenvalue weighted by Crippen LogP contribution is 2.41. The Morgan fingerprint density at radius 1 is 1.22 bits per heavy atom. The quantitative estimate of drug-likeness (QED) is 0.845. The Kier molecular flexibility index (Phi) is 3.00. The summed E-state index contributed by atoms with van der Waals surface area (Å²) in [4.78, 5) is 0.246. The minimum absolute atomic E-state index is 0.246. The molecule has 4 rings (SSSR count). The Morgan fingerprint density at radius 3 is 2.87 bits per heavy atom. The smallest absolute Gasteiger partial charge is 0.269 e. The molecule has 0 unspecified atom stereocenters. The molecule has 1 aromatic heterocycles. The number of ether oxygens (including phenoxy) is 1. The maximum atomic E-state index is 13.2. The van der Waals surface area contributed by atoms with Gasteiger partial charge in [0.2, 0.25) is 0 Å². The van der Waals surface area contributed by atoms with Gasteiger partial charge in [-0.3, -0.25) is 0 Å². The van der Waals surface area contributed by atoms with Crippen LogP contribution in [0.25, 0.3) is 0 Å². The topological polar surface area (TPSA) is 64.4 Å². The van der Waals surface area contributed by atoms with Crippen LogP contribution in [0.5, 0.6) is 5.75 Å². The molecule has 6 nitrogen and oxygen atoms in total. The normalized spacial score (nSPS) is 19.1. The number of hydrogen-bond donors (Lipinski definition) is 0. The molecule has 23 heavy (non-hydrogen) atoms. The van der Waals surface area contributed by atoms with Crippen LogP contribution in [0.15, 0.2) is 35.4 Å². The molecule has 1 aromatic carbocycles. The minimum atomic E-state index is -3.67. The fourth-order valence-electron chi connectivity index (χ4n) is 3.34. The summed E-state index contributed by atoms with van der Waals surface area (Å²) in [5, 5.41) is 4.19. The maximum Gasteiger partial charge on any atom is 0.269 e. The van der Waals surface area contributed by atoms with Crippen molar-refractivity contribution >= 4 is 15.8 Å². The second-order valence-electron chi connectivity index (χ2n) is 6.63. The summed E-state index contributed by atoms with van der Waals surface area (Å²) in [5.74, 6) is 1.11. The van der Waals surface area contributed by atoms with E-state index in [1.165, 1.54) is 4.31 Å². The molecule has 0 atom stereocenters. The molecule has 2 aliphatic heterocycles. The Bertz CT molecular complexity index is 870. The number of aryl methyl sites for hydroxylation is 1. The highest BCUT2D eigenvalue weighted by molar-refractivity contribution is 7.93. The van der Waals surface area contributed by atoms with E-state index in [1.807, 2.05) is 19.9 Å². The lowest BCUT2D eigenvalue weighted by molar-refractivity contribution is 0.135. The van der Waals surface area contributed by atoms with Crippen molar-refractivity contribution in [1.29, 1.82) is 0 Å². The number of fused-ring (bicyclic) bond motifs is 2. The lowest BCUT2D eigenvalue weighted by Gasteiger charge is -2.29. The second-order valence-corrected chi connectivity index (χ2v) is 8.46. The van der Waals surface area contributed by atoms with Crippen LogP contribution in [0.3, 0.4) is 0 Å². The van der Waals surface area contributed by atoms with Gasteiger partial charge < -0.3 is 4.74 Å². The van der Waals surface area contributed by atoms with Crippen molar-refractivity contribution in [1.82, 2.24) is 9.78 Å². The predicted octanol–water partition coefficient (Wildman–Crippen LogP) is 2.20. The third-order valence-electron chi connectivity index (χ3n) is 4.30. The molecular formula is C16H19N3O3S. The fraction of sp³-hybridized carbons (Fsp3) is 0.438. The molecule has 3 heterocycles. The van der Waals surface area contributed by atoms with Gasteiger partial charge in [0.25, 0.3) is 10.0 Å². The lowest BCUT2D eigenvalue weighted by Crippen LogP contribution is -2.37. The van der Waals surface area contributed by atoms with Crippen LogP contribution in [0.1, 0.15) is 25.8 Å². The second kappa shape index (κ2) is 4.74. The molecule has 0 spiro atoms. The first-order chi connectivity index (χ1) is 10.9. The number of nitrogens with zero attached hydrogens (tertiary/aromatic N) is 3. The van der Waals surface area contributed by atoms with Gasteiger partial charge in [0.1, 0.15) is 22.1 Å². The standard InChI is InChI=1S/C16H19N3O3S/c1-16(2)11-12-5-3-6-13(15(12)22-16)23(20,21)19-10-4-9-18-14(19)7-8-17-18/h3,5-8H,4,9-11H2,1-2H3. The highest BCUT2D eigenvalue weighted by Gasteiger charge is 2.38. The monoisotopic (exact) mass is 333 g/mol. The summed E-state index contributed by atoms with van der Waals surface area (Å²) in [5.41, 5.74) is 0.569. The molecule has 0 N–H and O–H groups in total. The van der Waals surface area contributed by atoms with Crippen molar-refractivity contribution in [2.24, 2.45) is 0 Å². The van der Waals surface area contributed by atoms with Gasteiger partial charge in [0.05, 0.1) is 6.20 Å². The van der Waals surface area contributed by atoms with Gasteiger partial charge in [-0.25, -0.2) is 17.4 Å². The van der Waals surface area contributed by atoms with Gasteiger partial charge >= 0.3 is 0 Å². The van der Waals surface area contributed by atoms with Crippen LogP contribution >= 0.6 is 0 Å². The number of benzene rings is 1. The molecule has 0 aliphatic carbocycles. The van der Waals surface area contributed by atoms with Gasteiger partial charge in [-0.05, 0) is 31.9 Å². The number of anilines is 1. The number of rotatable bonds is 2. The summed E-state index contributed by atoms with van der Waals surface area (Å²) in [6.07, 6.45) is 3.09. The van der Waals surface area contributed by atoms with Gasteiger partial charge in [-0.15, -0.1) is 0 Å². The van der Waals surface area contributed by atoms with E-state index >= 15 is 0 Å². The first-order valence-electron chi connectivity index (χ1n) is 7.74. The van der Waals surface area contributed by atoms with Gasteiger partial charge in [0, 0.05) is 25.6 Å². The summed E-state index contributed by atoms with van der Waals surface area (Å²) < 4.78 is 35.6. The zero-order valence-electron chi connectivity index (χ0n) is 13.2. The SMILES string of the molecule is CC1(C)Cc2cccc(S(=O)(=O)N3CCCn4nccc43)c2O1. The Hall–Kier alpha value is -2.02. The number of hydrogen-bond acceptors (Lipinski definition) is 4. The average Bonchev–Trinajstić information content (AvgIpc) is 3.07. The van der Waals surface area contributed by atoms with Crippen molar-refractivity contribution in [3.05, 3.63) is 36.0 Å². The van der Waals surface area contributed by atoms with E-state index in [0.29, 0.717) is 24.5 Å². The summed E-state index contributed by atoms with van der Waals surface area (Å²) in [6.45, 7) is 5.14. The largest absolute Gasteiger partial charge is 0.486 e. The van der Waals surface area contributed by atoms with E-state index in [1.54, 1.807) is 29.1 Å². The Labute approximate surface area is 135 Å². The van der Waals surface area contributed by atoms with Crippen molar-refractivity contribution < 1.29 is 13.2 Å². The molecule has 0 saturated heterocycles. The van der Waals surface area contributed by atoms with Crippen molar-refractivity contribution in [3.8, 4) is 5.75 Å². The molecule has 0 radical (unpaired) electrons. The van der Waals surface area contributed by atoms with Crippen molar-refractivity contribution in [2.75, 3.05) is 10.8 Å². The molecule has 2 aromatic rings. The maximum absolute atomic E-state index is 13.2. The van der Waals surface area contributed by atoms with Crippen LogP contribution in [0.4, 0.5) is 5.82 Å². The molecular weight excluding hydrogens is 314 g/mol.